The summed E-state index contributed by atoms with van der Waals surface area (Å²) in [5.74, 6) is -0.953. The second-order valence-corrected chi connectivity index (χ2v) is 5.65. The van der Waals surface area contributed by atoms with Crippen LogP contribution in [0.2, 0.25) is 5.02 Å². The van der Waals surface area contributed by atoms with Gasteiger partial charge in [0.1, 0.15) is 11.6 Å². The van der Waals surface area contributed by atoms with E-state index in [0.717, 1.165) is 35.5 Å². The first kappa shape index (κ1) is 14.3. The number of hydrogen-bond acceptors (Lipinski definition) is 2. The van der Waals surface area contributed by atoms with E-state index >= 15 is 0 Å². The van der Waals surface area contributed by atoms with E-state index in [9.17, 15) is 8.78 Å². The molecule has 0 aliphatic carbocycles. The van der Waals surface area contributed by atoms with Gasteiger partial charge in [-0.15, -0.1) is 0 Å². The zero-order valence-electron chi connectivity index (χ0n) is 10.2. The van der Waals surface area contributed by atoms with Crippen LogP contribution in [0.3, 0.4) is 0 Å². The minimum Gasteiger partial charge on any atom is -0.324 e. The Morgan fingerprint density at radius 2 is 1.84 bits per heavy atom. The van der Waals surface area contributed by atoms with Crippen LogP contribution in [0.1, 0.15) is 18.5 Å². The summed E-state index contributed by atoms with van der Waals surface area (Å²) >= 11 is 7.21. The molecule has 0 aromatic heterocycles. The summed E-state index contributed by atoms with van der Waals surface area (Å²) in [5, 5.41) is 0.475. The van der Waals surface area contributed by atoms with E-state index in [2.05, 4.69) is 0 Å². The molecule has 0 bridgehead atoms. The Morgan fingerprint density at radius 3 is 2.47 bits per heavy atom. The average molecular weight is 300 g/mol. The van der Waals surface area contributed by atoms with Gasteiger partial charge in [-0.2, -0.15) is 0 Å². The second kappa shape index (κ2) is 5.90. The van der Waals surface area contributed by atoms with E-state index in [1.807, 2.05) is 13.0 Å². The molecule has 0 heterocycles. The highest BCUT2D eigenvalue weighted by atomic mass is 35.5. The molecule has 2 aromatic carbocycles. The molecule has 2 rings (SSSR count). The van der Waals surface area contributed by atoms with Gasteiger partial charge in [-0.25, -0.2) is 8.78 Å². The summed E-state index contributed by atoms with van der Waals surface area (Å²) in [7, 11) is 0. The maximum absolute atomic E-state index is 13.5. The van der Waals surface area contributed by atoms with Crippen molar-refractivity contribution < 1.29 is 8.78 Å². The van der Waals surface area contributed by atoms with Crippen LogP contribution >= 0.6 is 23.4 Å². The molecule has 1 nitrogen and oxygen atoms in total. The van der Waals surface area contributed by atoms with Gasteiger partial charge in [-0.1, -0.05) is 29.4 Å². The highest BCUT2D eigenvalue weighted by Crippen LogP contribution is 2.36. The van der Waals surface area contributed by atoms with Crippen molar-refractivity contribution >= 4 is 23.4 Å². The molecular formula is C14H12ClF2NS. The third kappa shape index (κ3) is 3.47. The maximum Gasteiger partial charge on any atom is 0.137 e. The van der Waals surface area contributed by atoms with Gasteiger partial charge in [-0.3, -0.25) is 0 Å². The number of benzene rings is 2. The van der Waals surface area contributed by atoms with Gasteiger partial charge >= 0.3 is 0 Å². The number of hydrogen-bond donors (Lipinski definition) is 1. The third-order valence-electron chi connectivity index (χ3n) is 2.59. The lowest BCUT2D eigenvalue weighted by atomic mass is 10.1. The van der Waals surface area contributed by atoms with E-state index in [4.69, 9.17) is 17.3 Å². The molecule has 0 fully saturated rings. The van der Waals surface area contributed by atoms with Crippen LogP contribution in [0.4, 0.5) is 8.78 Å². The number of nitrogens with two attached hydrogens (primary N) is 1. The van der Waals surface area contributed by atoms with Crippen LogP contribution in [-0.4, -0.2) is 0 Å². The Kier molecular flexibility index (Phi) is 4.45. The Balaban J connectivity index is 2.31. The Morgan fingerprint density at radius 1 is 1.11 bits per heavy atom. The van der Waals surface area contributed by atoms with Crippen molar-refractivity contribution in [3.05, 3.63) is 58.6 Å². The van der Waals surface area contributed by atoms with Crippen LogP contribution < -0.4 is 5.73 Å². The van der Waals surface area contributed by atoms with Gasteiger partial charge < -0.3 is 5.73 Å². The van der Waals surface area contributed by atoms with Crippen molar-refractivity contribution in [2.45, 2.75) is 22.8 Å². The average Bonchev–Trinajstić information content (AvgIpc) is 2.36. The SMILES string of the molecule is C[C@@H](N)c1ccc(Sc2cc(F)ccc2F)c(Cl)c1. The molecule has 0 spiro atoms. The molecule has 0 unspecified atom stereocenters. The fraction of sp³-hybridized carbons (Fsp3) is 0.143. The van der Waals surface area contributed by atoms with E-state index in [1.54, 1.807) is 12.1 Å². The van der Waals surface area contributed by atoms with Crippen LogP contribution in [0, 0.1) is 11.6 Å². The molecule has 100 valence electrons. The molecule has 0 radical (unpaired) electrons. The van der Waals surface area contributed by atoms with Crippen molar-refractivity contribution in [1.82, 2.24) is 0 Å². The second-order valence-electron chi connectivity index (χ2n) is 4.16. The predicted molar refractivity (Wildman–Crippen MR) is 74.5 cm³/mol. The Bertz CT molecular complexity index is 602. The minimum atomic E-state index is -0.479. The molecule has 5 heteroatoms. The molecule has 19 heavy (non-hydrogen) atoms. The normalized spacial score (nSPS) is 12.5. The molecule has 0 aliphatic rings. The lowest BCUT2D eigenvalue weighted by Gasteiger charge is -2.10. The fourth-order valence-electron chi connectivity index (χ4n) is 1.56. The monoisotopic (exact) mass is 299 g/mol. The summed E-state index contributed by atoms with van der Waals surface area (Å²) in [4.78, 5) is 0.867. The molecule has 1 atom stereocenters. The molecular weight excluding hydrogens is 288 g/mol. The lowest BCUT2D eigenvalue weighted by Crippen LogP contribution is -2.04. The van der Waals surface area contributed by atoms with Crippen LogP contribution in [0.5, 0.6) is 0 Å². The third-order valence-corrected chi connectivity index (χ3v) is 4.13. The van der Waals surface area contributed by atoms with Crippen molar-refractivity contribution in [2.75, 3.05) is 0 Å². The summed E-state index contributed by atoms with van der Waals surface area (Å²) in [5.41, 5.74) is 6.65. The van der Waals surface area contributed by atoms with Gasteiger partial charge in [0.15, 0.2) is 0 Å². The first-order valence-electron chi connectivity index (χ1n) is 5.65. The highest BCUT2D eigenvalue weighted by molar-refractivity contribution is 7.99. The van der Waals surface area contributed by atoms with Crippen LogP contribution in [0.15, 0.2) is 46.2 Å². The van der Waals surface area contributed by atoms with Gasteiger partial charge in [0.25, 0.3) is 0 Å². The molecule has 0 aliphatic heterocycles. The Hall–Kier alpha value is -1.10. The topological polar surface area (TPSA) is 26.0 Å². The molecule has 2 N–H and O–H groups in total. The smallest absolute Gasteiger partial charge is 0.137 e. The zero-order valence-corrected chi connectivity index (χ0v) is 11.7. The van der Waals surface area contributed by atoms with Crippen molar-refractivity contribution in [3.8, 4) is 0 Å². The first-order valence-corrected chi connectivity index (χ1v) is 6.85. The summed E-state index contributed by atoms with van der Waals surface area (Å²) in [6, 6.07) is 8.54. The highest BCUT2D eigenvalue weighted by Gasteiger charge is 2.10. The minimum absolute atomic E-state index is 0.123. The summed E-state index contributed by atoms with van der Waals surface area (Å²) < 4.78 is 26.6. The fourth-order valence-corrected chi connectivity index (χ4v) is 2.73. The maximum atomic E-state index is 13.5. The molecule has 0 amide bonds. The van der Waals surface area contributed by atoms with Gasteiger partial charge in [-0.05, 0) is 42.8 Å². The van der Waals surface area contributed by atoms with Crippen molar-refractivity contribution in [1.29, 1.82) is 0 Å². The Labute approximate surface area is 119 Å². The summed E-state index contributed by atoms with van der Waals surface area (Å²) in [6.07, 6.45) is 0. The first-order chi connectivity index (χ1) is 8.97. The molecule has 2 aromatic rings. The van der Waals surface area contributed by atoms with E-state index < -0.39 is 11.6 Å². The van der Waals surface area contributed by atoms with E-state index in [0.29, 0.717) is 9.92 Å². The van der Waals surface area contributed by atoms with Crippen molar-refractivity contribution in [3.63, 3.8) is 0 Å². The number of rotatable bonds is 3. The van der Waals surface area contributed by atoms with E-state index in [-0.39, 0.29) is 10.9 Å². The van der Waals surface area contributed by atoms with Gasteiger partial charge in [0.2, 0.25) is 0 Å². The predicted octanol–water partition coefficient (Wildman–Crippen LogP) is 4.79. The van der Waals surface area contributed by atoms with Gasteiger partial charge in [0, 0.05) is 10.9 Å². The van der Waals surface area contributed by atoms with E-state index in [1.165, 1.54) is 0 Å². The van der Waals surface area contributed by atoms with Crippen molar-refractivity contribution in [2.24, 2.45) is 5.73 Å². The zero-order chi connectivity index (χ0) is 14.0. The number of halogens is 3. The lowest BCUT2D eigenvalue weighted by molar-refractivity contribution is 0.577. The summed E-state index contributed by atoms with van der Waals surface area (Å²) in [6.45, 7) is 1.85. The van der Waals surface area contributed by atoms with Gasteiger partial charge in [0.05, 0.1) is 9.92 Å². The van der Waals surface area contributed by atoms with Crippen LogP contribution in [-0.2, 0) is 0 Å². The van der Waals surface area contributed by atoms with Crippen LogP contribution in [0.25, 0.3) is 0 Å². The largest absolute Gasteiger partial charge is 0.324 e. The molecule has 0 saturated carbocycles. The quantitative estimate of drug-likeness (QED) is 0.882. The standard InChI is InChI=1S/C14H12ClF2NS/c1-8(18)9-2-5-13(11(15)6-9)19-14-7-10(16)3-4-12(14)17/h2-8H,18H2,1H3/t8-/m1/s1. The molecule has 0 saturated heterocycles.